The molecular weight excluding hydrogens is 404 g/mol. The minimum atomic E-state index is -3.49. The summed E-state index contributed by atoms with van der Waals surface area (Å²) in [5.41, 5.74) is 1.13. The zero-order chi connectivity index (χ0) is 20.5. The van der Waals surface area contributed by atoms with Crippen LogP contribution < -0.4 is 14.8 Å². The summed E-state index contributed by atoms with van der Waals surface area (Å²) in [6, 6.07) is 5.04. The fraction of sp³-hybridized carbons (Fsp3) is 0.412. The third-order valence-electron chi connectivity index (χ3n) is 4.35. The summed E-state index contributed by atoms with van der Waals surface area (Å²) < 4.78 is 37.8. The van der Waals surface area contributed by atoms with Gasteiger partial charge in [0.1, 0.15) is 0 Å². The first-order valence-electron chi connectivity index (χ1n) is 8.46. The molecule has 1 aliphatic rings. The average molecular weight is 427 g/mol. The number of hydrogen-bond acceptors (Lipinski definition) is 7. The normalized spacial score (nSPS) is 14.6. The lowest BCUT2D eigenvalue weighted by atomic mass is 10.1. The maximum atomic E-state index is 12.7. The van der Waals surface area contributed by atoms with Crippen molar-refractivity contribution < 1.29 is 22.7 Å². The van der Waals surface area contributed by atoms with Crippen molar-refractivity contribution in [3.8, 4) is 11.5 Å². The number of fused-ring (bicyclic) bond motifs is 1. The highest BCUT2D eigenvalue weighted by atomic mass is 32.2. The highest BCUT2D eigenvalue weighted by Gasteiger charge is 2.31. The molecule has 1 aromatic heterocycles. The number of benzene rings is 1. The molecule has 3 rings (SSSR count). The Balaban J connectivity index is 1.80. The second-order valence-electron chi connectivity index (χ2n) is 6.26. The number of aromatic nitrogens is 1. The highest BCUT2D eigenvalue weighted by molar-refractivity contribution is 7.86. The van der Waals surface area contributed by atoms with E-state index in [1.165, 1.54) is 48.3 Å². The highest BCUT2D eigenvalue weighted by Crippen LogP contribution is 2.33. The Morgan fingerprint density at radius 2 is 2.04 bits per heavy atom. The molecule has 0 atom stereocenters. The minimum Gasteiger partial charge on any atom is -0.493 e. The summed E-state index contributed by atoms with van der Waals surface area (Å²) in [5.74, 6) is 0.421. The lowest BCUT2D eigenvalue weighted by Gasteiger charge is -2.27. The summed E-state index contributed by atoms with van der Waals surface area (Å²) in [6.07, 6.45) is 0.497. The zero-order valence-electron chi connectivity index (χ0n) is 16.1. The van der Waals surface area contributed by atoms with Crippen LogP contribution in [-0.2, 0) is 23.2 Å². The SMILES string of the molecule is COc1cccc(C(=O)Nc2nc3c(s2)CN(S(=O)(=O)N(C)C)CC3)c1OC. The van der Waals surface area contributed by atoms with E-state index in [1.54, 1.807) is 18.2 Å². The Hall–Kier alpha value is -2.21. The van der Waals surface area contributed by atoms with Crippen molar-refractivity contribution in [2.45, 2.75) is 13.0 Å². The van der Waals surface area contributed by atoms with Crippen molar-refractivity contribution in [2.24, 2.45) is 0 Å². The van der Waals surface area contributed by atoms with Crippen LogP contribution in [0.5, 0.6) is 11.5 Å². The van der Waals surface area contributed by atoms with Gasteiger partial charge in [-0.1, -0.05) is 6.07 Å². The Morgan fingerprint density at radius 1 is 1.29 bits per heavy atom. The average Bonchev–Trinajstić information content (AvgIpc) is 3.08. The van der Waals surface area contributed by atoms with E-state index in [0.717, 1.165) is 10.6 Å². The lowest BCUT2D eigenvalue weighted by Crippen LogP contribution is -2.42. The molecule has 0 fully saturated rings. The Kier molecular flexibility index (Phi) is 5.89. The number of carbonyl (C=O) groups excluding carboxylic acids is 1. The van der Waals surface area contributed by atoms with Gasteiger partial charge in [0, 0.05) is 31.9 Å². The molecule has 0 unspecified atom stereocenters. The van der Waals surface area contributed by atoms with Gasteiger partial charge in [-0.15, -0.1) is 11.3 Å². The van der Waals surface area contributed by atoms with Gasteiger partial charge in [0.2, 0.25) is 0 Å². The van der Waals surface area contributed by atoms with Crippen molar-refractivity contribution in [3.05, 3.63) is 34.3 Å². The van der Waals surface area contributed by atoms with Gasteiger partial charge in [0.05, 0.1) is 32.0 Å². The summed E-state index contributed by atoms with van der Waals surface area (Å²) in [4.78, 5) is 18.0. The van der Waals surface area contributed by atoms with E-state index in [9.17, 15) is 13.2 Å². The number of thiazole rings is 1. The topological polar surface area (TPSA) is 101 Å². The quantitative estimate of drug-likeness (QED) is 0.753. The molecule has 0 saturated carbocycles. The van der Waals surface area contributed by atoms with Gasteiger partial charge in [0.25, 0.3) is 16.1 Å². The number of amides is 1. The third kappa shape index (κ3) is 3.83. The molecule has 1 aromatic carbocycles. The summed E-state index contributed by atoms with van der Waals surface area (Å²) in [7, 11) is 2.49. The Morgan fingerprint density at radius 3 is 2.68 bits per heavy atom. The molecule has 0 radical (unpaired) electrons. The van der Waals surface area contributed by atoms with E-state index in [2.05, 4.69) is 10.3 Å². The molecule has 0 saturated heterocycles. The summed E-state index contributed by atoms with van der Waals surface area (Å²) >= 11 is 1.27. The van der Waals surface area contributed by atoms with Gasteiger partial charge < -0.3 is 9.47 Å². The van der Waals surface area contributed by atoms with Crippen molar-refractivity contribution in [1.82, 2.24) is 13.6 Å². The molecule has 28 heavy (non-hydrogen) atoms. The van der Waals surface area contributed by atoms with Crippen LogP contribution in [-0.4, -0.2) is 62.8 Å². The third-order valence-corrected chi connectivity index (χ3v) is 7.24. The van der Waals surface area contributed by atoms with Gasteiger partial charge >= 0.3 is 0 Å². The first kappa shape index (κ1) is 20.5. The summed E-state index contributed by atoms with van der Waals surface area (Å²) in [6.45, 7) is 0.597. The number of carbonyl (C=O) groups is 1. The Labute approximate surface area is 168 Å². The molecule has 0 bridgehead atoms. The fourth-order valence-corrected chi connectivity index (χ4v) is 5.06. The molecule has 1 N–H and O–H groups in total. The number of anilines is 1. The first-order valence-corrected chi connectivity index (χ1v) is 10.7. The first-order chi connectivity index (χ1) is 13.3. The second-order valence-corrected chi connectivity index (χ2v) is 9.48. The lowest BCUT2D eigenvalue weighted by molar-refractivity contribution is 0.102. The number of methoxy groups -OCH3 is 2. The van der Waals surface area contributed by atoms with Crippen molar-refractivity contribution in [1.29, 1.82) is 0 Å². The fourth-order valence-electron chi connectivity index (χ4n) is 2.88. The van der Waals surface area contributed by atoms with Gasteiger partial charge in [-0.3, -0.25) is 10.1 Å². The predicted molar refractivity (Wildman–Crippen MR) is 106 cm³/mol. The molecule has 0 aliphatic carbocycles. The number of para-hydroxylation sites is 1. The second kappa shape index (κ2) is 8.03. The zero-order valence-corrected chi connectivity index (χ0v) is 17.7. The smallest absolute Gasteiger partial charge is 0.281 e. The van der Waals surface area contributed by atoms with Crippen LogP contribution in [0, 0.1) is 0 Å². The van der Waals surface area contributed by atoms with E-state index in [0.29, 0.717) is 35.2 Å². The molecule has 9 nitrogen and oxygen atoms in total. The van der Waals surface area contributed by atoms with E-state index >= 15 is 0 Å². The van der Waals surface area contributed by atoms with Crippen LogP contribution in [0.25, 0.3) is 0 Å². The standard InChI is InChI=1S/C17H22N4O5S2/c1-20(2)28(23,24)21-9-8-12-14(10-21)27-17(18-12)19-16(22)11-6-5-7-13(25-3)15(11)26-4/h5-7H,8-10H2,1-4H3,(H,18,19,22). The van der Waals surface area contributed by atoms with Crippen LogP contribution in [0.4, 0.5) is 5.13 Å². The summed E-state index contributed by atoms with van der Waals surface area (Å²) in [5, 5.41) is 3.19. The van der Waals surface area contributed by atoms with Gasteiger partial charge in [-0.2, -0.15) is 17.0 Å². The number of nitrogens with zero attached hydrogens (tertiary/aromatic N) is 3. The van der Waals surface area contributed by atoms with Crippen molar-refractivity contribution in [3.63, 3.8) is 0 Å². The molecular formula is C17H22N4O5S2. The monoisotopic (exact) mass is 426 g/mol. The molecule has 1 amide bonds. The van der Waals surface area contributed by atoms with E-state index in [-0.39, 0.29) is 12.5 Å². The molecule has 1 aliphatic heterocycles. The van der Waals surface area contributed by atoms with Crippen LogP contribution in [0.15, 0.2) is 18.2 Å². The number of ether oxygens (including phenoxy) is 2. The molecule has 2 aromatic rings. The van der Waals surface area contributed by atoms with Crippen molar-refractivity contribution >= 4 is 32.6 Å². The minimum absolute atomic E-state index is 0.242. The van der Waals surface area contributed by atoms with E-state index < -0.39 is 10.2 Å². The van der Waals surface area contributed by atoms with E-state index in [4.69, 9.17) is 9.47 Å². The van der Waals surface area contributed by atoms with E-state index in [1.807, 2.05) is 0 Å². The van der Waals surface area contributed by atoms with Crippen LogP contribution in [0.1, 0.15) is 20.9 Å². The largest absolute Gasteiger partial charge is 0.493 e. The number of nitrogens with one attached hydrogen (secondary N) is 1. The van der Waals surface area contributed by atoms with Crippen molar-refractivity contribution in [2.75, 3.05) is 40.2 Å². The molecule has 11 heteroatoms. The molecule has 152 valence electrons. The van der Waals surface area contributed by atoms with Gasteiger partial charge in [-0.05, 0) is 12.1 Å². The predicted octanol–water partition coefficient (Wildman–Crippen LogP) is 1.58. The molecule has 0 spiro atoms. The van der Waals surface area contributed by atoms with Crippen LogP contribution >= 0.6 is 11.3 Å². The number of rotatable bonds is 6. The Bertz CT molecular complexity index is 987. The molecule has 2 heterocycles. The van der Waals surface area contributed by atoms with Crippen LogP contribution in [0.2, 0.25) is 0 Å². The van der Waals surface area contributed by atoms with Crippen LogP contribution in [0.3, 0.4) is 0 Å². The van der Waals surface area contributed by atoms with Gasteiger partial charge in [-0.25, -0.2) is 4.98 Å². The number of hydrogen-bond donors (Lipinski definition) is 1. The maximum absolute atomic E-state index is 12.7. The maximum Gasteiger partial charge on any atom is 0.281 e. The van der Waals surface area contributed by atoms with Gasteiger partial charge in [0.15, 0.2) is 16.6 Å².